The summed E-state index contributed by atoms with van der Waals surface area (Å²) in [4.78, 5) is 70.8. The van der Waals surface area contributed by atoms with Crippen LogP contribution in [0, 0.1) is 5.92 Å². The molecule has 5 amide bonds. The van der Waals surface area contributed by atoms with Gasteiger partial charge in [-0.15, -0.1) is 0 Å². The van der Waals surface area contributed by atoms with E-state index in [-0.39, 0.29) is 18.8 Å². The maximum atomic E-state index is 12.7. The van der Waals surface area contributed by atoms with Crippen LogP contribution in [0.15, 0.2) is 0 Å². The number of carbonyl (C=O) groups is 6. The second kappa shape index (κ2) is 13.2. The molecule has 5 unspecified atom stereocenters. The van der Waals surface area contributed by atoms with Crippen molar-refractivity contribution >= 4 is 35.5 Å². The summed E-state index contributed by atoms with van der Waals surface area (Å²) in [7, 11) is 0. The molecular weight excluding hydrogens is 412 g/mol. The highest BCUT2D eigenvalue weighted by molar-refractivity contribution is 5.96. The second-order valence-corrected chi connectivity index (χ2v) is 7.28. The third-order valence-electron chi connectivity index (χ3n) is 4.64. The molecule has 13 nitrogen and oxygen atoms in total. The van der Waals surface area contributed by atoms with Crippen LogP contribution in [0.5, 0.6) is 0 Å². The monoisotopic (exact) mass is 444 g/mol. The van der Waals surface area contributed by atoms with E-state index in [1.165, 1.54) is 6.92 Å². The average Bonchev–Trinajstić information content (AvgIpc) is 2.68. The molecule has 5 atom stereocenters. The molecule has 0 aliphatic rings. The van der Waals surface area contributed by atoms with Crippen LogP contribution in [0.3, 0.4) is 0 Å². The molecule has 0 spiro atoms. The topological polar surface area (TPSA) is 237 Å². The molecule has 176 valence electrons. The standard InChI is InChI=1S/C18H32N6O7/c1-4-8(2)14(21)17(29)24-11(7-13(20)26)16(28)23-10(5-6-12(19)25)15(27)22-9(3)18(30)31/h8-11,14H,4-7,21H2,1-3H3,(H2,19,25)(H2,20,26)(H,22,27)(H,23,28)(H,24,29)(H,30,31). The lowest BCUT2D eigenvalue weighted by Gasteiger charge is -2.25. The Hall–Kier alpha value is -3.22. The predicted molar refractivity (Wildman–Crippen MR) is 109 cm³/mol. The first kappa shape index (κ1) is 27.8. The van der Waals surface area contributed by atoms with Gasteiger partial charge in [-0.1, -0.05) is 20.3 Å². The number of carbonyl (C=O) groups excluding carboxylic acids is 5. The zero-order valence-corrected chi connectivity index (χ0v) is 17.8. The highest BCUT2D eigenvalue weighted by Gasteiger charge is 2.31. The normalized spacial score (nSPS) is 15.5. The van der Waals surface area contributed by atoms with Crippen molar-refractivity contribution in [3.63, 3.8) is 0 Å². The maximum Gasteiger partial charge on any atom is 0.325 e. The molecule has 31 heavy (non-hydrogen) atoms. The van der Waals surface area contributed by atoms with Crippen LogP contribution in [-0.4, -0.2) is 64.8 Å². The van der Waals surface area contributed by atoms with Crippen LogP contribution < -0.4 is 33.2 Å². The van der Waals surface area contributed by atoms with Crippen molar-refractivity contribution in [2.75, 3.05) is 0 Å². The van der Waals surface area contributed by atoms with E-state index in [0.717, 1.165) is 0 Å². The molecule has 0 rings (SSSR count). The number of carboxylic acid groups (broad SMARTS) is 1. The second-order valence-electron chi connectivity index (χ2n) is 7.28. The van der Waals surface area contributed by atoms with Gasteiger partial charge in [0.15, 0.2) is 0 Å². The highest BCUT2D eigenvalue weighted by atomic mass is 16.4. The van der Waals surface area contributed by atoms with Crippen molar-refractivity contribution in [1.82, 2.24) is 16.0 Å². The molecule has 0 aromatic carbocycles. The lowest BCUT2D eigenvalue weighted by molar-refractivity contribution is -0.142. The molecule has 13 heteroatoms. The summed E-state index contributed by atoms with van der Waals surface area (Å²) >= 11 is 0. The van der Waals surface area contributed by atoms with Gasteiger partial charge in [-0.25, -0.2) is 0 Å². The largest absolute Gasteiger partial charge is 0.480 e. The molecule has 0 bridgehead atoms. The fraction of sp³-hybridized carbons (Fsp3) is 0.667. The van der Waals surface area contributed by atoms with Gasteiger partial charge in [0, 0.05) is 6.42 Å². The van der Waals surface area contributed by atoms with E-state index in [2.05, 4.69) is 16.0 Å². The van der Waals surface area contributed by atoms with Gasteiger partial charge in [-0.3, -0.25) is 28.8 Å². The Labute approximate surface area is 179 Å². The number of hydrogen-bond donors (Lipinski definition) is 7. The van der Waals surface area contributed by atoms with E-state index >= 15 is 0 Å². The molecule has 0 saturated carbocycles. The van der Waals surface area contributed by atoms with Gasteiger partial charge < -0.3 is 38.3 Å². The van der Waals surface area contributed by atoms with Crippen molar-refractivity contribution in [2.24, 2.45) is 23.1 Å². The SMILES string of the molecule is CCC(C)C(N)C(=O)NC(CC(N)=O)C(=O)NC(CCC(N)=O)C(=O)NC(C)C(=O)O. The van der Waals surface area contributed by atoms with E-state index in [1.54, 1.807) is 6.92 Å². The van der Waals surface area contributed by atoms with Crippen molar-refractivity contribution in [2.45, 2.75) is 70.6 Å². The van der Waals surface area contributed by atoms with Gasteiger partial charge in [-0.05, 0) is 19.3 Å². The fourth-order valence-corrected chi connectivity index (χ4v) is 2.39. The minimum atomic E-state index is -1.43. The number of nitrogens with one attached hydrogen (secondary N) is 3. The number of rotatable bonds is 14. The number of primary amides is 2. The van der Waals surface area contributed by atoms with Crippen LogP contribution >= 0.6 is 0 Å². The smallest absolute Gasteiger partial charge is 0.325 e. The van der Waals surface area contributed by atoms with Crippen LogP contribution in [-0.2, 0) is 28.8 Å². The van der Waals surface area contributed by atoms with Crippen LogP contribution in [0.2, 0.25) is 0 Å². The molecule has 0 fully saturated rings. The zero-order valence-electron chi connectivity index (χ0n) is 17.8. The summed E-state index contributed by atoms with van der Waals surface area (Å²) in [6, 6.07) is -4.99. The first-order valence-electron chi connectivity index (χ1n) is 9.76. The Kier molecular flexibility index (Phi) is 11.8. The van der Waals surface area contributed by atoms with E-state index in [1.807, 2.05) is 6.92 Å². The maximum absolute atomic E-state index is 12.7. The predicted octanol–water partition coefficient (Wildman–Crippen LogP) is -2.94. The van der Waals surface area contributed by atoms with Gasteiger partial charge in [0.2, 0.25) is 29.5 Å². The number of carboxylic acids is 1. The lowest BCUT2D eigenvalue weighted by Crippen LogP contribution is -2.58. The number of hydrogen-bond acceptors (Lipinski definition) is 7. The van der Waals surface area contributed by atoms with E-state index in [9.17, 15) is 28.8 Å². The third-order valence-corrected chi connectivity index (χ3v) is 4.64. The minimum absolute atomic E-state index is 0.205. The average molecular weight is 444 g/mol. The summed E-state index contributed by atoms with van der Waals surface area (Å²) in [5.74, 6) is -5.67. The fourth-order valence-electron chi connectivity index (χ4n) is 2.39. The molecule has 0 aliphatic heterocycles. The summed E-state index contributed by atoms with van der Waals surface area (Å²) in [6.07, 6.45) is -0.493. The number of amides is 5. The Bertz CT molecular complexity index is 699. The molecular formula is C18H32N6O7. The number of aliphatic carboxylic acids is 1. The molecule has 10 N–H and O–H groups in total. The molecule has 0 radical (unpaired) electrons. The van der Waals surface area contributed by atoms with Crippen molar-refractivity contribution in [3.8, 4) is 0 Å². The van der Waals surface area contributed by atoms with Crippen molar-refractivity contribution in [1.29, 1.82) is 0 Å². The quantitative estimate of drug-likeness (QED) is 0.146. The molecule has 0 saturated heterocycles. The molecule has 0 aromatic heterocycles. The first-order valence-corrected chi connectivity index (χ1v) is 9.76. The summed E-state index contributed by atoms with van der Waals surface area (Å²) in [5, 5.41) is 15.7. The van der Waals surface area contributed by atoms with Gasteiger partial charge in [-0.2, -0.15) is 0 Å². The number of nitrogens with two attached hydrogens (primary N) is 3. The summed E-state index contributed by atoms with van der Waals surface area (Å²) < 4.78 is 0. The van der Waals surface area contributed by atoms with Gasteiger partial charge in [0.1, 0.15) is 18.1 Å². The zero-order chi connectivity index (χ0) is 24.3. The third kappa shape index (κ3) is 10.4. The van der Waals surface area contributed by atoms with Crippen LogP contribution in [0.25, 0.3) is 0 Å². The van der Waals surface area contributed by atoms with Gasteiger partial charge >= 0.3 is 5.97 Å². The molecule has 0 aliphatic carbocycles. The van der Waals surface area contributed by atoms with E-state index < -0.39 is 66.1 Å². The van der Waals surface area contributed by atoms with E-state index in [0.29, 0.717) is 6.42 Å². The first-order chi connectivity index (χ1) is 14.3. The van der Waals surface area contributed by atoms with Crippen LogP contribution in [0.1, 0.15) is 46.5 Å². The van der Waals surface area contributed by atoms with Crippen molar-refractivity contribution in [3.05, 3.63) is 0 Å². The van der Waals surface area contributed by atoms with Crippen molar-refractivity contribution < 1.29 is 33.9 Å². The Morgan fingerprint density at radius 2 is 1.35 bits per heavy atom. The summed E-state index contributed by atoms with van der Waals surface area (Å²) in [5.41, 5.74) is 16.1. The van der Waals surface area contributed by atoms with Gasteiger partial charge in [0.25, 0.3) is 0 Å². The molecule has 0 aromatic rings. The Morgan fingerprint density at radius 1 is 0.839 bits per heavy atom. The lowest BCUT2D eigenvalue weighted by atomic mass is 9.99. The summed E-state index contributed by atoms with van der Waals surface area (Å²) in [6.45, 7) is 4.77. The van der Waals surface area contributed by atoms with E-state index in [4.69, 9.17) is 22.3 Å². The van der Waals surface area contributed by atoms with Gasteiger partial charge in [0.05, 0.1) is 12.5 Å². The van der Waals surface area contributed by atoms with Crippen LogP contribution in [0.4, 0.5) is 0 Å². The minimum Gasteiger partial charge on any atom is -0.480 e. The highest BCUT2D eigenvalue weighted by Crippen LogP contribution is 2.07. The Morgan fingerprint density at radius 3 is 1.81 bits per heavy atom. The molecule has 0 heterocycles. The Balaban J connectivity index is 5.47.